The summed E-state index contributed by atoms with van der Waals surface area (Å²) in [7, 11) is 0. The van der Waals surface area contributed by atoms with Crippen molar-refractivity contribution in [3.8, 4) is 0 Å². The molecule has 3 aromatic rings. The number of halogens is 2. The number of anilines is 1. The molecule has 3 N–H and O–H groups in total. The van der Waals surface area contributed by atoms with E-state index in [1.54, 1.807) is 11.1 Å². The van der Waals surface area contributed by atoms with Crippen LogP contribution in [0.5, 0.6) is 0 Å². The summed E-state index contributed by atoms with van der Waals surface area (Å²) in [5.74, 6) is -2.44. The quantitative estimate of drug-likeness (QED) is 0.251. The Morgan fingerprint density at radius 1 is 1.12 bits per heavy atom. The summed E-state index contributed by atoms with van der Waals surface area (Å²) < 4.78 is 27.4. The van der Waals surface area contributed by atoms with E-state index in [0.717, 1.165) is 23.4 Å². The molecular formula is C32H37ClFN3O6. The van der Waals surface area contributed by atoms with Gasteiger partial charge >= 0.3 is 5.97 Å². The van der Waals surface area contributed by atoms with Crippen molar-refractivity contribution in [2.24, 2.45) is 5.92 Å². The Kier molecular flexibility index (Phi) is 10.00. The highest BCUT2D eigenvalue weighted by atomic mass is 35.5. The SMILES string of the molecule is CCCO[C@H]1C[C@@H](COC2CCC(C(=O)O)CC2)N(C(=O)Cc2cc(Cl)c(NC(=O)c3c[nH]c4ccccc34)cc2F)C1. The van der Waals surface area contributed by atoms with Gasteiger partial charge in [-0.2, -0.15) is 0 Å². The topological polar surface area (TPSA) is 121 Å². The van der Waals surface area contributed by atoms with Gasteiger partial charge in [-0.05, 0) is 62.3 Å². The molecule has 11 heteroatoms. The number of amides is 2. The van der Waals surface area contributed by atoms with Crippen molar-refractivity contribution < 1.29 is 33.4 Å². The second-order valence-corrected chi connectivity index (χ2v) is 11.8. The smallest absolute Gasteiger partial charge is 0.306 e. The van der Waals surface area contributed by atoms with Crippen LogP contribution in [0.15, 0.2) is 42.6 Å². The zero-order valence-electron chi connectivity index (χ0n) is 24.1. The largest absolute Gasteiger partial charge is 0.481 e. The van der Waals surface area contributed by atoms with Crippen molar-refractivity contribution in [1.82, 2.24) is 9.88 Å². The number of benzene rings is 2. The number of carboxylic acid groups (broad SMARTS) is 1. The van der Waals surface area contributed by atoms with Crippen LogP contribution in [0.4, 0.5) is 10.1 Å². The van der Waals surface area contributed by atoms with Gasteiger partial charge in [0.05, 0.1) is 53.5 Å². The first-order valence-electron chi connectivity index (χ1n) is 14.8. The van der Waals surface area contributed by atoms with Crippen LogP contribution in [0.2, 0.25) is 5.02 Å². The highest BCUT2D eigenvalue weighted by Crippen LogP contribution is 2.31. The van der Waals surface area contributed by atoms with Gasteiger partial charge in [-0.1, -0.05) is 36.7 Å². The molecule has 2 aromatic carbocycles. The van der Waals surface area contributed by atoms with E-state index in [-0.39, 0.29) is 52.8 Å². The van der Waals surface area contributed by atoms with E-state index in [1.165, 1.54) is 6.07 Å². The van der Waals surface area contributed by atoms with Gasteiger partial charge in [-0.25, -0.2) is 4.39 Å². The highest BCUT2D eigenvalue weighted by Gasteiger charge is 2.37. The molecule has 43 heavy (non-hydrogen) atoms. The number of likely N-dealkylation sites (tertiary alicyclic amines) is 1. The van der Waals surface area contributed by atoms with Crippen LogP contribution >= 0.6 is 11.6 Å². The molecule has 0 unspecified atom stereocenters. The van der Waals surface area contributed by atoms with E-state index in [0.29, 0.717) is 57.4 Å². The van der Waals surface area contributed by atoms with Crippen molar-refractivity contribution in [1.29, 1.82) is 0 Å². The van der Waals surface area contributed by atoms with Gasteiger partial charge in [0.2, 0.25) is 5.91 Å². The Hall–Kier alpha value is -3.47. The first-order chi connectivity index (χ1) is 20.7. The van der Waals surface area contributed by atoms with E-state index in [4.69, 9.17) is 21.1 Å². The molecule has 2 heterocycles. The number of carboxylic acids is 1. The lowest BCUT2D eigenvalue weighted by atomic mass is 9.87. The Balaban J connectivity index is 1.23. The minimum Gasteiger partial charge on any atom is -0.481 e. The number of aromatic amines is 1. The number of carbonyl (C=O) groups excluding carboxylic acids is 2. The fraction of sp³-hybridized carbons (Fsp3) is 0.469. The number of aliphatic carboxylic acids is 1. The van der Waals surface area contributed by atoms with Crippen molar-refractivity contribution >= 4 is 46.0 Å². The van der Waals surface area contributed by atoms with Gasteiger partial charge in [-0.15, -0.1) is 0 Å². The van der Waals surface area contributed by atoms with Crippen LogP contribution in [-0.4, -0.2) is 70.8 Å². The predicted octanol–water partition coefficient (Wildman–Crippen LogP) is 5.81. The first-order valence-corrected chi connectivity index (χ1v) is 15.2. The summed E-state index contributed by atoms with van der Waals surface area (Å²) in [5.41, 5.74) is 1.45. The number of nitrogens with zero attached hydrogens (tertiary/aromatic N) is 1. The average Bonchev–Trinajstić information content (AvgIpc) is 3.62. The first kappa shape index (κ1) is 31.0. The molecule has 1 aromatic heterocycles. The third-order valence-electron chi connectivity index (χ3n) is 8.36. The second kappa shape index (κ2) is 13.9. The number of aromatic nitrogens is 1. The summed E-state index contributed by atoms with van der Waals surface area (Å²) in [6, 6.07) is 9.64. The number of hydrogen-bond acceptors (Lipinski definition) is 5. The van der Waals surface area contributed by atoms with E-state index in [9.17, 15) is 19.5 Å². The average molecular weight is 614 g/mol. The van der Waals surface area contributed by atoms with Gasteiger partial charge in [0.25, 0.3) is 5.91 Å². The number of fused-ring (bicyclic) bond motifs is 1. The molecule has 2 amide bonds. The number of H-pyrrole nitrogens is 1. The molecule has 1 saturated carbocycles. The van der Waals surface area contributed by atoms with E-state index >= 15 is 4.39 Å². The predicted molar refractivity (Wildman–Crippen MR) is 161 cm³/mol. The molecule has 9 nitrogen and oxygen atoms in total. The van der Waals surface area contributed by atoms with Gasteiger partial charge in [0.1, 0.15) is 5.82 Å². The van der Waals surface area contributed by atoms with Gasteiger partial charge in [0.15, 0.2) is 0 Å². The third kappa shape index (κ3) is 7.37. The number of ether oxygens (including phenoxy) is 2. The lowest BCUT2D eigenvalue weighted by Gasteiger charge is -2.30. The van der Waals surface area contributed by atoms with Crippen molar-refractivity contribution in [2.45, 2.75) is 70.1 Å². The summed E-state index contributed by atoms with van der Waals surface area (Å²) in [5, 5.41) is 12.8. The maximum absolute atomic E-state index is 15.3. The second-order valence-electron chi connectivity index (χ2n) is 11.4. The summed E-state index contributed by atoms with van der Waals surface area (Å²) in [4.78, 5) is 42.4. The van der Waals surface area contributed by atoms with Gasteiger partial charge < -0.3 is 29.8 Å². The number of hydrogen-bond donors (Lipinski definition) is 3. The molecule has 230 valence electrons. The van der Waals surface area contributed by atoms with Crippen LogP contribution in [0, 0.1) is 11.7 Å². The zero-order chi connectivity index (χ0) is 30.5. The Morgan fingerprint density at radius 2 is 1.88 bits per heavy atom. The number of para-hydroxylation sites is 1. The standard InChI is InChI=1S/C32H37ClFN3O6/c1-2-11-42-23-14-21(18-43-22-9-7-19(8-10-22)32(40)41)37(17-23)30(38)13-20-12-26(33)29(15-27(20)34)36-31(39)25-16-35-28-6-4-3-5-24(25)28/h3-6,12,15-16,19,21-23,35H,2,7-11,13-14,17-18H2,1H3,(H,36,39)(H,40,41)/t19?,21-,22?,23-/m0/s1. The minimum absolute atomic E-state index is 0.0496. The van der Waals surface area contributed by atoms with Crippen molar-refractivity contribution in [3.63, 3.8) is 0 Å². The van der Waals surface area contributed by atoms with Crippen molar-refractivity contribution in [3.05, 3.63) is 64.6 Å². The molecule has 2 aliphatic rings. The summed E-state index contributed by atoms with van der Waals surface area (Å²) in [6.45, 7) is 3.29. The zero-order valence-corrected chi connectivity index (χ0v) is 24.9. The highest BCUT2D eigenvalue weighted by molar-refractivity contribution is 6.34. The minimum atomic E-state index is -0.765. The molecule has 1 aliphatic heterocycles. The molecule has 0 spiro atoms. The summed E-state index contributed by atoms with van der Waals surface area (Å²) >= 11 is 6.45. The molecule has 2 fully saturated rings. The number of rotatable bonds is 11. The number of carbonyl (C=O) groups is 3. The van der Waals surface area contributed by atoms with Gasteiger partial charge in [0, 0.05) is 30.3 Å². The fourth-order valence-corrected chi connectivity index (χ4v) is 6.23. The Labute approximate surface area is 254 Å². The van der Waals surface area contributed by atoms with Crippen LogP contribution in [0.25, 0.3) is 10.9 Å². The lowest BCUT2D eigenvalue weighted by Crippen LogP contribution is -2.40. The van der Waals surface area contributed by atoms with E-state index < -0.39 is 17.7 Å². The van der Waals surface area contributed by atoms with Gasteiger partial charge in [-0.3, -0.25) is 14.4 Å². The monoisotopic (exact) mass is 613 g/mol. The molecular weight excluding hydrogens is 577 g/mol. The molecule has 5 rings (SSSR count). The van der Waals surface area contributed by atoms with E-state index in [2.05, 4.69) is 10.3 Å². The number of nitrogens with one attached hydrogen (secondary N) is 2. The van der Waals surface area contributed by atoms with Crippen LogP contribution in [0.3, 0.4) is 0 Å². The van der Waals surface area contributed by atoms with Crippen molar-refractivity contribution in [2.75, 3.05) is 25.1 Å². The maximum atomic E-state index is 15.3. The molecule has 0 bridgehead atoms. The maximum Gasteiger partial charge on any atom is 0.306 e. The molecule has 1 aliphatic carbocycles. The molecule has 0 radical (unpaired) electrons. The Bertz CT molecular complexity index is 1470. The molecule has 1 saturated heterocycles. The van der Waals surface area contributed by atoms with E-state index in [1.807, 2.05) is 31.2 Å². The van der Waals surface area contributed by atoms with Crippen LogP contribution < -0.4 is 5.32 Å². The normalized spacial score (nSPS) is 22.2. The van der Waals surface area contributed by atoms with Crippen LogP contribution in [0.1, 0.15) is 61.4 Å². The molecule has 2 atom stereocenters. The summed E-state index contributed by atoms with van der Waals surface area (Å²) in [6.07, 6.45) is 5.14. The Morgan fingerprint density at radius 3 is 2.63 bits per heavy atom. The third-order valence-corrected chi connectivity index (χ3v) is 8.67. The fourth-order valence-electron chi connectivity index (χ4n) is 6.00. The lowest BCUT2D eigenvalue weighted by molar-refractivity contribution is -0.144. The van der Waals surface area contributed by atoms with Crippen LogP contribution in [-0.2, 0) is 25.5 Å².